The number of hydrogen-bond acceptors (Lipinski definition) is 3. The second-order valence-corrected chi connectivity index (χ2v) is 8.99. The van der Waals surface area contributed by atoms with E-state index in [2.05, 4.69) is 49.5 Å². The molecule has 0 radical (unpaired) electrons. The largest absolute Gasteiger partial charge is 0.306 e. The van der Waals surface area contributed by atoms with E-state index in [-0.39, 0.29) is 11.8 Å². The lowest BCUT2D eigenvalue weighted by Crippen LogP contribution is -2.25. The highest BCUT2D eigenvalue weighted by Gasteiger charge is 2.23. The maximum Gasteiger partial charge on any atom is 0.151 e. The zero-order chi connectivity index (χ0) is 17.6. The van der Waals surface area contributed by atoms with E-state index in [0.29, 0.717) is 0 Å². The third kappa shape index (κ3) is 6.62. The van der Waals surface area contributed by atoms with Crippen molar-refractivity contribution in [3.05, 3.63) is 59.2 Å². The molecule has 0 aromatic heterocycles. The molecule has 0 saturated heterocycles. The molecule has 2 rings (SSSR count). The first-order chi connectivity index (χ1) is 11.4. The summed E-state index contributed by atoms with van der Waals surface area (Å²) in [6, 6.07) is 8.65. The second kappa shape index (κ2) is 8.63. The Morgan fingerprint density at radius 1 is 1.38 bits per heavy atom. The average molecular weight is 348 g/mol. The summed E-state index contributed by atoms with van der Waals surface area (Å²) in [7, 11) is -2.98. The van der Waals surface area contributed by atoms with Crippen LogP contribution in [0.2, 0.25) is 0 Å². The van der Waals surface area contributed by atoms with Crippen LogP contribution in [0, 0.1) is 12.8 Å². The topological polar surface area (TPSA) is 46.2 Å². The first kappa shape index (κ1) is 18.9. The van der Waals surface area contributed by atoms with Gasteiger partial charge in [-0.3, -0.25) is 0 Å². The quantitative estimate of drug-likeness (QED) is 0.688. The summed E-state index contributed by atoms with van der Waals surface area (Å²) in [4.78, 5) is 0. The van der Waals surface area contributed by atoms with Gasteiger partial charge < -0.3 is 5.32 Å². The fraction of sp³-hybridized carbons (Fsp3) is 0.500. The second-order valence-electron chi connectivity index (χ2n) is 6.81. The van der Waals surface area contributed by atoms with Gasteiger partial charge in [-0.05, 0) is 49.8 Å². The lowest BCUT2D eigenvalue weighted by molar-refractivity contribution is 0.571. The molecule has 1 aliphatic rings. The van der Waals surface area contributed by atoms with Gasteiger partial charge in [-0.15, -0.1) is 0 Å². The number of aryl methyl sites for hydroxylation is 1. The van der Waals surface area contributed by atoms with Gasteiger partial charge in [-0.2, -0.15) is 0 Å². The normalized spacial score (nSPS) is 17.4. The summed E-state index contributed by atoms with van der Waals surface area (Å²) in [5.41, 5.74) is 3.62. The van der Waals surface area contributed by atoms with Crippen LogP contribution in [0.1, 0.15) is 43.4 Å². The van der Waals surface area contributed by atoms with E-state index in [4.69, 9.17) is 0 Å². The molecular formula is C20H29NO2S. The van der Waals surface area contributed by atoms with Crippen LogP contribution in [-0.4, -0.2) is 27.0 Å². The first-order valence-electron chi connectivity index (χ1n) is 8.73. The Morgan fingerprint density at radius 3 is 2.71 bits per heavy atom. The van der Waals surface area contributed by atoms with Crippen LogP contribution >= 0.6 is 0 Å². The Hall–Kier alpha value is -1.39. The standard InChI is InChI=1S/C20H29NO2S/c1-4-7-18(10-6-13-24(3,22)23)20(21-15-17-11-12-17)19-9-5-8-16(2)14-19/h5-10,14,17,20-21H,4,11-13,15H2,1-3H3/b10-6-,18-7+. The minimum absolute atomic E-state index is 0.0806. The van der Waals surface area contributed by atoms with Crippen LogP contribution in [0.3, 0.4) is 0 Å². The highest BCUT2D eigenvalue weighted by atomic mass is 32.2. The molecule has 0 bridgehead atoms. The molecule has 1 fully saturated rings. The Bertz CT molecular complexity index is 700. The van der Waals surface area contributed by atoms with E-state index in [0.717, 1.165) is 24.5 Å². The van der Waals surface area contributed by atoms with Crippen molar-refractivity contribution in [3.63, 3.8) is 0 Å². The van der Waals surface area contributed by atoms with Crippen molar-refractivity contribution in [2.75, 3.05) is 18.6 Å². The van der Waals surface area contributed by atoms with E-state index in [1.165, 1.54) is 30.2 Å². The molecule has 1 unspecified atom stereocenters. The highest BCUT2D eigenvalue weighted by Crippen LogP contribution is 2.30. The number of benzene rings is 1. The van der Waals surface area contributed by atoms with E-state index in [1.807, 2.05) is 6.08 Å². The van der Waals surface area contributed by atoms with Crippen molar-refractivity contribution in [1.82, 2.24) is 5.32 Å². The molecule has 0 amide bonds. The Balaban J connectivity index is 2.24. The van der Waals surface area contributed by atoms with Gasteiger partial charge in [0.15, 0.2) is 9.84 Å². The molecule has 4 heteroatoms. The monoisotopic (exact) mass is 347 g/mol. The average Bonchev–Trinajstić information content (AvgIpc) is 3.30. The van der Waals surface area contributed by atoms with Crippen molar-refractivity contribution in [1.29, 1.82) is 0 Å². The summed E-state index contributed by atoms with van der Waals surface area (Å²) in [5, 5.41) is 3.69. The molecule has 1 saturated carbocycles. The number of rotatable bonds is 9. The lowest BCUT2D eigenvalue weighted by Gasteiger charge is -2.21. The molecule has 0 aliphatic heterocycles. The SMILES string of the molecule is CC/C=C(\C=C/CS(C)(=O)=O)C(NCC1CC1)c1cccc(C)c1. The summed E-state index contributed by atoms with van der Waals surface area (Å²) in [5.74, 6) is 0.872. The van der Waals surface area contributed by atoms with E-state index in [9.17, 15) is 8.42 Å². The van der Waals surface area contributed by atoms with Crippen LogP contribution in [0.5, 0.6) is 0 Å². The van der Waals surface area contributed by atoms with Gasteiger partial charge in [0.1, 0.15) is 0 Å². The zero-order valence-corrected chi connectivity index (χ0v) is 15.8. The van der Waals surface area contributed by atoms with Crippen LogP contribution in [0.25, 0.3) is 0 Å². The predicted octanol–water partition coefficient (Wildman–Crippen LogP) is 3.97. The third-order valence-corrected chi connectivity index (χ3v) is 4.96. The van der Waals surface area contributed by atoms with Gasteiger partial charge in [-0.25, -0.2) is 8.42 Å². The molecule has 1 atom stereocenters. The smallest absolute Gasteiger partial charge is 0.151 e. The summed E-state index contributed by atoms with van der Waals surface area (Å²) in [6.07, 6.45) is 10.7. The third-order valence-electron chi connectivity index (χ3n) is 4.17. The minimum atomic E-state index is -2.98. The molecule has 0 heterocycles. The van der Waals surface area contributed by atoms with E-state index >= 15 is 0 Å². The van der Waals surface area contributed by atoms with Crippen LogP contribution in [-0.2, 0) is 9.84 Å². The molecule has 24 heavy (non-hydrogen) atoms. The van der Waals surface area contributed by atoms with Gasteiger partial charge in [0.25, 0.3) is 0 Å². The van der Waals surface area contributed by atoms with Gasteiger partial charge >= 0.3 is 0 Å². The highest BCUT2D eigenvalue weighted by molar-refractivity contribution is 7.90. The van der Waals surface area contributed by atoms with Crippen molar-refractivity contribution in [2.45, 2.75) is 39.2 Å². The van der Waals surface area contributed by atoms with Crippen molar-refractivity contribution in [2.24, 2.45) is 5.92 Å². The molecule has 132 valence electrons. The molecule has 1 aliphatic carbocycles. The van der Waals surface area contributed by atoms with Gasteiger partial charge in [0, 0.05) is 6.26 Å². The molecule has 1 aromatic carbocycles. The number of allylic oxidation sites excluding steroid dienone is 1. The van der Waals surface area contributed by atoms with Crippen LogP contribution < -0.4 is 5.32 Å². The van der Waals surface area contributed by atoms with Crippen molar-refractivity contribution >= 4 is 9.84 Å². The number of sulfone groups is 1. The lowest BCUT2D eigenvalue weighted by atomic mass is 9.95. The molecule has 3 nitrogen and oxygen atoms in total. The Kier molecular flexibility index (Phi) is 6.81. The van der Waals surface area contributed by atoms with Gasteiger partial charge in [0.05, 0.1) is 11.8 Å². The first-order valence-corrected chi connectivity index (χ1v) is 10.8. The summed E-state index contributed by atoms with van der Waals surface area (Å²) >= 11 is 0. The van der Waals surface area contributed by atoms with Crippen LogP contribution in [0.15, 0.2) is 48.1 Å². The number of nitrogens with one attached hydrogen (secondary N) is 1. The minimum Gasteiger partial charge on any atom is -0.306 e. The number of hydrogen-bond donors (Lipinski definition) is 1. The maximum atomic E-state index is 11.4. The molecule has 1 aromatic rings. The maximum absolute atomic E-state index is 11.4. The Morgan fingerprint density at radius 2 is 2.12 bits per heavy atom. The van der Waals surface area contributed by atoms with Gasteiger partial charge in [-0.1, -0.05) is 55.0 Å². The fourth-order valence-corrected chi connectivity index (χ4v) is 3.21. The fourth-order valence-electron chi connectivity index (χ4n) is 2.76. The molecule has 0 spiro atoms. The zero-order valence-electron chi connectivity index (χ0n) is 15.0. The van der Waals surface area contributed by atoms with Crippen molar-refractivity contribution in [3.8, 4) is 0 Å². The van der Waals surface area contributed by atoms with E-state index in [1.54, 1.807) is 6.08 Å². The van der Waals surface area contributed by atoms with Crippen molar-refractivity contribution < 1.29 is 8.42 Å². The van der Waals surface area contributed by atoms with Crippen LogP contribution in [0.4, 0.5) is 0 Å². The van der Waals surface area contributed by atoms with Gasteiger partial charge in [0.2, 0.25) is 0 Å². The molecule has 1 N–H and O–H groups in total. The predicted molar refractivity (Wildman–Crippen MR) is 102 cm³/mol. The molecular weight excluding hydrogens is 318 g/mol. The summed E-state index contributed by atoms with van der Waals surface area (Å²) < 4.78 is 22.8. The Labute approximate surface area is 146 Å². The summed E-state index contributed by atoms with van der Waals surface area (Å²) in [6.45, 7) is 5.22. The van der Waals surface area contributed by atoms with E-state index < -0.39 is 9.84 Å².